The van der Waals surface area contributed by atoms with Gasteiger partial charge in [0.05, 0.1) is 23.8 Å². The number of hydrogen-bond donors (Lipinski definition) is 1. The van der Waals surface area contributed by atoms with Crippen molar-refractivity contribution < 1.29 is 32.1 Å². The number of rotatable bonds is 6. The van der Waals surface area contributed by atoms with Crippen molar-refractivity contribution in [3.63, 3.8) is 0 Å². The second-order valence-electron chi connectivity index (χ2n) is 8.03. The van der Waals surface area contributed by atoms with Gasteiger partial charge in [-0.15, -0.1) is 0 Å². The minimum absolute atomic E-state index is 0.0922. The molecule has 2 saturated heterocycles. The third kappa shape index (κ3) is 4.62. The van der Waals surface area contributed by atoms with Gasteiger partial charge < -0.3 is 14.4 Å². The van der Waals surface area contributed by atoms with Crippen LogP contribution in [0.15, 0.2) is 42.5 Å². The van der Waals surface area contributed by atoms with Gasteiger partial charge in [-0.25, -0.2) is 0 Å². The van der Waals surface area contributed by atoms with Crippen molar-refractivity contribution in [3.8, 4) is 5.75 Å². The molecular formula is C25H27N3O5. The van der Waals surface area contributed by atoms with Crippen LogP contribution in [0, 0.1) is 0 Å². The zero-order valence-electron chi connectivity index (χ0n) is 23.7. The van der Waals surface area contributed by atoms with E-state index in [0.717, 1.165) is 10.5 Å². The number of piperidine rings is 1. The molecule has 8 nitrogen and oxygen atoms in total. The van der Waals surface area contributed by atoms with Gasteiger partial charge in [0.15, 0.2) is 0 Å². The average Bonchev–Trinajstić information content (AvgIpc) is 3.22. The largest absolute Gasteiger partial charge is 0.489 e. The zero-order chi connectivity index (χ0) is 28.1. The Kier molecular flexibility index (Phi) is 4.40. The Morgan fingerprint density at radius 1 is 1.12 bits per heavy atom. The van der Waals surface area contributed by atoms with E-state index in [0.29, 0.717) is 22.4 Å². The number of morpholine rings is 1. The minimum Gasteiger partial charge on any atom is -0.489 e. The van der Waals surface area contributed by atoms with E-state index < -0.39 is 38.1 Å². The van der Waals surface area contributed by atoms with E-state index in [1.165, 1.54) is 4.90 Å². The smallest absolute Gasteiger partial charge is 0.255 e. The normalized spacial score (nSPS) is 31.3. The number of carbonyl (C=O) groups excluding carboxylic acids is 3. The molecule has 3 atom stereocenters. The summed E-state index contributed by atoms with van der Waals surface area (Å²) in [5, 5.41) is 2.29. The molecule has 0 aromatic heterocycles. The maximum absolute atomic E-state index is 13.0. The van der Waals surface area contributed by atoms with Crippen molar-refractivity contribution in [3.05, 3.63) is 64.7 Å². The number of nitrogens with one attached hydrogen (secondary N) is 1. The first kappa shape index (κ1) is 15.6. The van der Waals surface area contributed by atoms with Crippen molar-refractivity contribution >= 4 is 17.7 Å². The van der Waals surface area contributed by atoms with Gasteiger partial charge in [-0.1, -0.05) is 30.3 Å². The van der Waals surface area contributed by atoms with E-state index in [2.05, 4.69) is 5.32 Å². The standard InChI is InChI=1S/C25H27N3O5/c29-23-9-8-21(24(30)26-23)28-15-20-19(25(28)31)2-1-3-22(20)33-16-18-6-4-17(5-7-18)14-27-10-12-32-13-11-27/h1-7,21H,8-16H2,(H,26,29,30)/i10D,11D2,12D2,13D. The topological polar surface area (TPSA) is 88.2 Å². The van der Waals surface area contributed by atoms with Gasteiger partial charge in [0.2, 0.25) is 11.8 Å². The van der Waals surface area contributed by atoms with Crippen molar-refractivity contribution in [2.45, 2.75) is 38.6 Å². The molecule has 3 unspecified atom stereocenters. The summed E-state index contributed by atoms with van der Waals surface area (Å²) in [5.41, 5.74) is 2.52. The molecular weight excluding hydrogens is 422 g/mol. The molecule has 5 rings (SSSR count). The minimum atomic E-state index is -2.49. The first-order valence-corrected chi connectivity index (χ1v) is 10.6. The van der Waals surface area contributed by atoms with Crippen molar-refractivity contribution in [2.24, 2.45) is 0 Å². The maximum atomic E-state index is 13.0. The van der Waals surface area contributed by atoms with Crippen LogP contribution >= 0.6 is 0 Å². The lowest BCUT2D eigenvalue weighted by molar-refractivity contribution is -0.136. The summed E-state index contributed by atoms with van der Waals surface area (Å²) in [6.45, 7) is -8.03. The van der Waals surface area contributed by atoms with E-state index in [4.69, 9.17) is 17.7 Å². The number of carbonyl (C=O) groups is 3. The third-order valence-electron chi connectivity index (χ3n) is 5.86. The van der Waals surface area contributed by atoms with Crippen LogP contribution in [-0.4, -0.2) is 59.7 Å². The summed E-state index contributed by atoms with van der Waals surface area (Å²) >= 11 is 0. The number of hydrogen-bond acceptors (Lipinski definition) is 6. The summed E-state index contributed by atoms with van der Waals surface area (Å²) in [6.07, 6.45) is 0.443. The van der Waals surface area contributed by atoms with Crippen molar-refractivity contribution in [1.82, 2.24) is 15.1 Å². The number of ether oxygens (including phenoxy) is 2. The number of nitrogens with zero attached hydrogens (tertiary/aromatic N) is 2. The third-order valence-corrected chi connectivity index (χ3v) is 5.86. The fourth-order valence-corrected chi connectivity index (χ4v) is 4.14. The molecule has 2 aromatic rings. The van der Waals surface area contributed by atoms with Gasteiger partial charge in [0.25, 0.3) is 5.91 Å². The summed E-state index contributed by atoms with van der Waals surface area (Å²) in [6, 6.07) is 11.4. The molecule has 0 saturated carbocycles. The van der Waals surface area contributed by atoms with Crippen LogP contribution < -0.4 is 10.1 Å². The fourth-order valence-electron chi connectivity index (χ4n) is 4.14. The molecule has 3 heterocycles. The summed E-state index contributed by atoms with van der Waals surface area (Å²) < 4.78 is 58.6. The van der Waals surface area contributed by atoms with E-state index in [1.54, 1.807) is 42.5 Å². The highest BCUT2D eigenvalue weighted by molar-refractivity contribution is 6.05. The Morgan fingerprint density at radius 3 is 2.76 bits per heavy atom. The highest BCUT2D eigenvalue weighted by atomic mass is 16.5. The van der Waals surface area contributed by atoms with E-state index in [9.17, 15) is 14.4 Å². The number of amides is 3. The molecule has 2 fully saturated rings. The van der Waals surface area contributed by atoms with E-state index in [-0.39, 0.29) is 44.4 Å². The SMILES string of the molecule is [2H]C1N(Cc2ccc(COc3cccc4c3CN(C3CCC(=O)NC3=O)C4=O)cc2)C([2H])([2H])C([2H])OC1([2H])[2H]. The van der Waals surface area contributed by atoms with Gasteiger partial charge in [-0.3, -0.25) is 24.6 Å². The van der Waals surface area contributed by atoms with Gasteiger partial charge in [-0.05, 0) is 29.7 Å². The zero-order valence-corrected chi connectivity index (χ0v) is 17.7. The number of imide groups is 1. The van der Waals surface area contributed by atoms with Crippen LogP contribution in [0.1, 0.15) is 48.1 Å². The molecule has 0 bridgehead atoms. The predicted octanol–water partition coefficient (Wildman–Crippen LogP) is 1.86. The molecule has 3 aliphatic rings. The molecule has 8 heteroatoms. The fraction of sp³-hybridized carbons (Fsp3) is 0.400. The first-order chi connectivity index (χ1) is 18.4. The lowest BCUT2D eigenvalue weighted by atomic mass is 10.0. The maximum Gasteiger partial charge on any atom is 0.255 e. The molecule has 0 radical (unpaired) electrons. The second-order valence-corrected chi connectivity index (χ2v) is 8.03. The Labute approximate surface area is 200 Å². The quantitative estimate of drug-likeness (QED) is 0.669. The lowest BCUT2D eigenvalue weighted by Crippen LogP contribution is -2.52. The lowest BCUT2D eigenvalue weighted by Gasteiger charge is -2.29. The molecule has 2 aromatic carbocycles. The Balaban J connectivity index is 1.25. The summed E-state index contributed by atoms with van der Waals surface area (Å²) in [5.74, 6) is -0.613. The number of benzene rings is 2. The molecule has 1 N–H and O–H groups in total. The van der Waals surface area contributed by atoms with Crippen LogP contribution in [0.5, 0.6) is 5.75 Å². The summed E-state index contributed by atoms with van der Waals surface area (Å²) in [7, 11) is 0. The predicted molar refractivity (Wildman–Crippen MR) is 119 cm³/mol. The van der Waals surface area contributed by atoms with Crippen LogP contribution in [0.2, 0.25) is 0 Å². The van der Waals surface area contributed by atoms with Gasteiger partial charge in [-0.2, -0.15) is 0 Å². The van der Waals surface area contributed by atoms with Crippen LogP contribution in [0.3, 0.4) is 0 Å². The van der Waals surface area contributed by atoms with Crippen molar-refractivity contribution in [2.75, 3.05) is 26.2 Å². The van der Waals surface area contributed by atoms with E-state index >= 15 is 0 Å². The van der Waals surface area contributed by atoms with Crippen LogP contribution in [0.25, 0.3) is 0 Å². The monoisotopic (exact) mass is 455 g/mol. The molecule has 0 spiro atoms. The number of fused-ring (bicyclic) bond motifs is 1. The van der Waals surface area contributed by atoms with Gasteiger partial charge in [0, 0.05) is 41.2 Å². The Hall–Kier alpha value is -3.23. The Bertz CT molecular complexity index is 1310. The van der Waals surface area contributed by atoms with Gasteiger partial charge >= 0.3 is 0 Å². The van der Waals surface area contributed by atoms with Crippen LogP contribution in [0.4, 0.5) is 0 Å². The molecule has 33 heavy (non-hydrogen) atoms. The molecule has 172 valence electrons. The highest BCUT2D eigenvalue weighted by Crippen LogP contribution is 2.34. The average molecular weight is 456 g/mol. The first-order valence-electron chi connectivity index (χ1n) is 13.8. The Morgan fingerprint density at radius 2 is 1.94 bits per heavy atom. The van der Waals surface area contributed by atoms with Crippen molar-refractivity contribution in [1.29, 1.82) is 0 Å². The highest BCUT2D eigenvalue weighted by Gasteiger charge is 2.40. The molecule has 3 amide bonds. The van der Waals surface area contributed by atoms with E-state index in [1.807, 2.05) is 0 Å². The van der Waals surface area contributed by atoms with Gasteiger partial charge in [0.1, 0.15) is 18.4 Å². The summed E-state index contributed by atoms with van der Waals surface area (Å²) in [4.78, 5) is 39.2. The molecule has 3 aliphatic heterocycles. The second kappa shape index (κ2) is 9.33. The molecule has 0 aliphatic carbocycles. The van der Waals surface area contributed by atoms with Crippen LogP contribution in [-0.2, 0) is 34.0 Å².